The Labute approximate surface area is 276 Å². The van der Waals surface area contributed by atoms with Gasteiger partial charge in [-0.05, 0) is 0 Å². The molecule has 2 fully saturated rings. The molecular weight excluding hydrogens is 768 g/mol. The van der Waals surface area contributed by atoms with Crippen LogP contribution in [0.3, 0.4) is 0 Å². The lowest BCUT2D eigenvalue weighted by molar-refractivity contribution is -0.0541. The van der Waals surface area contributed by atoms with Gasteiger partial charge >= 0.3 is 36.8 Å². The number of anilines is 1. The molecule has 0 radical (unpaired) electrons. The number of aliphatic hydroxyl groups is 3. The van der Waals surface area contributed by atoms with Crippen molar-refractivity contribution in [3.8, 4) is 0 Å². The fraction of sp³-hybridized carbons (Fsp3) is 0.526. The normalized spacial score (nSPS) is 30.4. The van der Waals surface area contributed by atoms with E-state index in [1.165, 1.54) is 10.9 Å². The summed E-state index contributed by atoms with van der Waals surface area (Å²) in [5.41, 5.74) is 4.38. The number of phosphoric ester groups is 2. The molecule has 4 unspecified atom stereocenters. The molecule has 278 valence electrons. The topological polar surface area (TPSA) is 402 Å². The Kier molecular flexibility index (Phi) is 11.1. The van der Waals surface area contributed by atoms with Crippen LogP contribution in [0, 0.1) is 0 Å². The number of nitrogens with two attached hydrogens (primary N) is 1. The minimum absolute atomic E-state index is 0.0669. The maximum Gasteiger partial charge on any atom is 0.480 e. The molecule has 0 bridgehead atoms. The van der Waals surface area contributed by atoms with Gasteiger partial charge in [0, 0.05) is 18.7 Å². The van der Waals surface area contributed by atoms with E-state index in [0.717, 1.165) is 23.4 Å². The van der Waals surface area contributed by atoms with Gasteiger partial charge in [0.2, 0.25) is 0 Å². The Balaban J connectivity index is 1.12. The number of hydrogen-bond acceptors (Lipinski definition) is 19. The SMILES string of the molecule is Nc1ncnc2c1ncn2[C@H]1C[C@H](O)[C@@H](COP(=O)(O)OP(=O)(O)NP(=O)(O)OP(=O)(O)OC[C@H]2O[C@@H](n3ccc(=O)[nH]c3=O)[C@H](O)[C@@H]2O)O1. The van der Waals surface area contributed by atoms with E-state index in [9.17, 15) is 62.7 Å². The predicted octanol–water partition coefficient (Wildman–Crippen LogP) is -2.72. The van der Waals surface area contributed by atoms with Gasteiger partial charge in [-0.25, -0.2) is 38.0 Å². The molecule has 2 aliphatic rings. The molecular formula is C19H28N8O19P4. The van der Waals surface area contributed by atoms with E-state index in [2.05, 4.69) is 32.6 Å². The van der Waals surface area contributed by atoms with E-state index >= 15 is 0 Å². The number of fused-ring (bicyclic) bond motifs is 1. The number of aromatic amines is 1. The van der Waals surface area contributed by atoms with Gasteiger partial charge in [0.15, 0.2) is 17.7 Å². The van der Waals surface area contributed by atoms with Crippen molar-refractivity contribution in [2.75, 3.05) is 18.9 Å². The molecule has 31 heteroatoms. The van der Waals surface area contributed by atoms with Gasteiger partial charge in [0.1, 0.15) is 42.5 Å². The summed E-state index contributed by atoms with van der Waals surface area (Å²) in [6, 6.07) is 0.892. The fourth-order valence-corrected chi connectivity index (χ4v) is 10.2. The van der Waals surface area contributed by atoms with Gasteiger partial charge in [-0.3, -0.25) is 28.0 Å². The van der Waals surface area contributed by atoms with Crippen molar-refractivity contribution in [3.05, 3.63) is 45.8 Å². The molecule has 2 aliphatic heterocycles. The van der Waals surface area contributed by atoms with Crippen LogP contribution in [0.4, 0.5) is 5.82 Å². The monoisotopic (exact) mass is 796 g/mol. The number of rotatable bonds is 14. The Morgan fingerprint density at radius 1 is 0.900 bits per heavy atom. The number of aliphatic hydroxyl groups excluding tert-OH is 3. The van der Waals surface area contributed by atoms with E-state index < -0.39 is 98.6 Å². The van der Waals surface area contributed by atoms with Crippen LogP contribution in [-0.2, 0) is 45.4 Å². The van der Waals surface area contributed by atoms with Crippen LogP contribution < -0.4 is 21.8 Å². The van der Waals surface area contributed by atoms with Crippen LogP contribution in [0.5, 0.6) is 0 Å². The lowest BCUT2D eigenvalue weighted by atomic mass is 10.1. The van der Waals surface area contributed by atoms with Crippen molar-refractivity contribution in [3.63, 3.8) is 0 Å². The largest absolute Gasteiger partial charge is 0.480 e. The molecule has 0 spiro atoms. The van der Waals surface area contributed by atoms with Crippen LogP contribution >= 0.6 is 31.1 Å². The van der Waals surface area contributed by atoms with Crippen LogP contribution in [0.25, 0.3) is 11.2 Å². The summed E-state index contributed by atoms with van der Waals surface area (Å²) in [7, 11) is -23.2. The molecule has 5 heterocycles. The average Bonchev–Trinajstić information content (AvgIpc) is 3.65. The van der Waals surface area contributed by atoms with Crippen LogP contribution in [0.2, 0.25) is 0 Å². The third-order valence-corrected chi connectivity index (χ3v) is 13.2. The maximum absolute atomic E-state index is 12.4. The van der Waals surface area contributed by atoms with E-state index in [-0.39, 0.29) is 23.4 Å². The average molecular weight is 796 g/mol. The second kappa shape index (κ2) is 14.4. The Morgan fingerprint density at radius 3 is 2.14 bits per heavy atom. The minimum atomic E-state index is -5.93. The lowest BCUT2D eigenvalue weighted by Gasteiger charge is -2.22. The van der Waals surface area contributed by atoms with Gasteiger partial charge in [-0.2, -0.15) is 8.62 Å². The summed E-state index contributed by atoms with van der Waals surface area (Å²) in [5.74, 6) is 0.0669. The van der Waals surface area contributed by atoms with Gasteiger partial charge < -0.3 is 50.1 Å². The number of ether oxygens (including phenoxy) is 2. The Morgan fingerprint density at radius 2 is 1.52 bits per heavy atom. The van der Waals surface area contributed by atoms with Crippen molar-refractivity contribution in [1.82, 2.24) is 33.9 Å². The summed E-state index contributed by atoms with van der Waals surface area (Å²) in [4.78, 5) is 77.5. The zero-order valence-electron chi connectivity index (χ0n) is 24.6. The summed E-state index contributed by atoms with van der Waals surface area (Å²) in [6.45, 7) is -2.08. The highest BCUT2D eigenvalue weighted by Crippen LogP contribution is 2.66. The van der Waals surface area contributed by atoms with Crippen molar-refractivity contribution in [2.24, 2.45) is 0 Å². The summed E-state index contributed by atoms with van der Waals surface area (Å²) in [5, 5.41) is 30.8. The maximum atomic E-state index is 12.4. The molecule has 0 aromatic carbocycles. The minimum Gasteiger partial charge on any atom is -0.390 e. The zero-order valence-corrected chi connectivity index (χ0v) is 28.2. The first-order valence-corrected chi connectivity index (χ1v) is 19.7. The highest BCUT2D eigenvalue weighted by molar-refractivity contribution is 7.73. The number of nitrogen functional groups attached to an aromatic ring is 1. The molecule has 27 nitrogen and oxygen atoms in total. The second-order valence-corrected chi connectivity index (χ2v) is 17.0. The number of nitrogens with zero attached hydrogens (tertiary/aromatic N) is 5. The van der Waals surface area contributed by atoms with Crippen LogP contribution in [-0.4, -0.2) is 108 Å². The number of aromatic nitrogens is 6. The number of phosphoric acid groups is 2. The summed E-state index contributed by atoms with van der Waals surface area (Å²) < 4.78 is 79.4. The third kappa shape index (κ3) is 9.05. The quantitative estimate of drug-likeness (QED) is 0.0741. The number of H-pyrrole nitrogens is 1. The second-order valence-electron chi connectivity index (χ2n) is 10.4. The van der Waals surface area contributed by atoms with Crippen molar-refractivity contribution < 1.29 is 80.3 Å². The van der Waals surface area contributed by atoms with Crippen molar-refractivity contribution in [2.45, 2.75) is 49.4 Å². The molecule has 11 atom stereocenters. The van der Waals surface area contributed by atoms with Gasteiger partial charge in [-0.1, -0.05) is 0 Å². The highest BCUT2D eigenvalue weighted by Gasteiger charge is 2.48. The lowest BCUT2D eigenvalue weighted by Crippen LogP contribution is -2.37. The van der Waals surface area contributed by atoms with Gasteiger partial charge in [0.25, 0.3) is 5.56 Å². The smallest absolute Gasteiger partial charge is 0.390 e. The van der Waals surface area contributed by atoms with Gasteiger partial charge in [0.05, 0.1) is 25.6 Å². The van der Waals surface area contributed by atoms with Crippen LogP contribution in [0.1, 0.15) is 18.9 Å². The molecule has 2 saturated heterocycles. The summed E-state index contributed by atoms with van der Waals surface area (Å²) in [6.07, 6.45) is -7.34. The highest BCUT2D eigenvalue weighted by atomic mass is 31.3. The van der Waals surface area contributed by atoms with E-state index in [1.54, 1.807) is 0 Å². The molecule has 0 amide bonds. The van der Waals surface area contributed by atoms with E-state index in [4.69, 9.17) is 15.2 Å². The predicted molar refractivity (Wildman–Crippen MR) is 158 cm³/mol. The van der Waals surface area contributed by atoms with Crippen molar-refractivity contribution >= 4 is 48.1 Å². The Hall–Kier alpha value is -2.61. The molecule has 11 N–H and O–H groups in total. The third-order valence-electron chi connectivity index (χ3n) is 6.85. The molecule has 5 rings (SSSR count). The van der Waals surface area contributed by atoms with E-state index in [1.807, 2.05) is 4.98 Å². The standard InChI is InChI=1S/C19H28N8O19P4/c20-16-13-17(22-6-21-16)27(7-23-13)12-3-8(28)9(43-12)4-41-49(37,38)45-47(33,34)25-48(35,36)46-50(39,40)42-5-10-14(30)15(31)18(44-10)26-2-1-11(29)24-19(26)32/h1-2,6-10,12,14-15,18,28,30-31H,3-5H2,(H,37,38)(H,39,40)(H2,20,21,22)(H,24,29,32)(H3,25,33,34,35,36)/t8-,9+,10+,12+,14+,15+,18+/m0/s1. The van der Waals surface area contributed by atoms with Crippen LogP contribution in [0.15, 0.2) is 34.5 Å². The zero-order chi connectivity index (χ0) is 36.8. The first kappa shape index (κ1) is 38.6. The first-order valence-electron chi connectivity index (χ1n) is 13.6. The number of nitrogens with one attached hydrogen (secondary N) is 2. The summed E-state index contributed by atoms with van der Waals surface area (Å²) >= 11 is 0. The Bertz CT molecular complexity index is 2040. The fourth-order valence-electron chi connectivity index (χ4n) is 4.70. The van der Waals surface area contributed by atoms with E-state index in [0.29, 0.717) is 4.57 Å². The van der Waals surface area contributed by atoms with Crippen molar-refractivity contribution in [1.29, 1.82) is 0 Å². The molecule has 3 aromatic heterocycles. The molecule has 0 aliphatic carbocycles. The molecule has 0 saturated carbocycles. The molecule has 50 heavy (non-hydrogen) atoms. The molecule has 3 aromatic rings. The first-order chi connectivity index (χ1) is 23.2. The number of imidazole rings is 1. The number of hydrogen-bond donors (Lipinski definition) is 10. The van der Waals surface area contributed by atoms with Gasteiger partial charge in [-0.15, -0.1) is 4.86 Å².